The van der Waals surface area contributed by atoms with Gasteiger partial charge in [-0.3, -0.25) is 11.3 Å². The number of nitrogens with one attached hydrogen (secondary N) is 1. The summed E-state index contributed by atoms with van der Waals surface area (Å²) >= 11 is 7.40. The van der Waals surface area contributed by atoms with Crippen molar-refractivity contribution in [2.45, 2.75) is 12.5 Å². The molecule has 0 aliphatic rings. The van der Waals surface area contributed by atoms with E-state index in [0.29, 0.717) is 0 Å². The van der Waals surface area contributed by atoms with Gasteiger partial charge >= 0.3 is 0 Å². The van der Waals surface area contributed by atoms with E-state index in [0.717, 1.165) is 21.2 Å². The van der Waals surface area contributed by atoms with Crippen LogP contribution in [0.25, 0.3) is 0 Å². The lowest BCUT2D eigenvalue weighted by Gasteiger charge is -2.15. The SMILES string of the molecule is NNC(Cc1ccc(Cl)s1)c1ccc(F)cc1. The molecule has 2 nitrogen and oxygen atoms in total. The molecule has 0 saturated heterocycles. The summed E-state index contributed by atoms with van der Waals surface area (Å²) in [5.74, 6) is 5.28. The Labute approximate surface area is 108 Å². The lowest BCUT2D eigenvalue weighted by Crippen LogP contribution is -2.29. The summed E-state index contributed by atoms with van der Waals surface area (Å²) in [7, 11) is 0. The molecule has 0 bridgehead atoms. The molecule has 2 rings (SSSR count). The standard InChI is InChI=1S/C12H12ClFN2S/c13-12-6-5-10(17-12)7-11(16-15)8-1-3-9(14)4-2-8/h1-6,11,16H,7,15H2. The Balaban J connectivity index is 2.13. The van der Waals surface area contributed by atoms with Gasteiger partial charge < -0.3 is 0 Å². The van der Waals surface area contributed by atoms with Crippen molar-refractivity contribution >= 4 is 22.9 Å². The summed E-state index contributed by atoms with van der Waals surface area (Å²) in [6.45, 7) is 0. The normalized spacial score (nSPS) is 12.6. The van der Waals surface area contributed by atoms with E-state index in [1.807, 2.05) is 12.1 Å². The van der Waals surface area contributed by atoms with Gasteiger partial charge in [-0.25, -0.2) is 4.39 Å². The lowest BCUT2D eigenvalue weighted by molar-refractivity contribution is 0.553. The summed E-state index contributed by atoms with van der Waals surface area (Å²) in [5, 5.41) is 0. The summed E-state index contributed by atoms with van der Waals surface area (Å²) in [6, 6.07) is 10.1. The van der Waals surface area contributed by atoms with E-state index in [9.17, 15) is 4.39 Å². The zero-order chi connectivity index (χ0) is 12.3. The molecular weight excluding hydrogens is 259 g/mol. The second-order valence-corrected chi connectivity index (χ2v) is 5.48. The third kappa shape index (κ3) is 3.26. The Kier molecular flexibility index (Phi) is 4.12. The second kappa shape index (κ2) is 5.60. The van der Waals surface area contributed by atoms with Crippen LogP contribution in [0.1, 0.15) is 16.5 Å². The Morgan fingerprint density at radius 1 is 1.24 bits per heavy atom. The molecule has 5 heteroatoms. The van der Waals surface area contributed by atoms with Crippen molar-refractivity contribution < 1.29 is 4.39 Å². The summed E-state index contributed by atoms with van der Waals surface area (Å²) < 4.78 is 13.6. The highest BCUT2D eigenvalue weighted by molar-refractivity contribution is 7.16. The number of benzene rings is 1. The zero-order valence-electron chi connectivity index (χ0n) is 8.99. The molecule has 0 aliphatic heterocycles. The van der Waals surface area contributed by atoms with Gasteiger partial charge in [0.25, 0.3) is 0 Å². The van der Waals surface area contributed by atoms with E-state index in [4.69, 9.17) is 17.4 Å². The Bertz CT molecular complexity index is 484. The lowest BCUT2D eigenvalue weighted by atomic mass is 10.0. The monoisotopic (exact) mass is 270 g/mol. The Hall–Kier alpha value is -0.940. The largest absolute Gasteiger partial charge is 0.271 e. The highest BCUT2D eigenvalue weighted by atomic mass is 35.5. The fourth-order valence-corrected chi connectivity index (χ4v) is 2.76. The molecule has 0 aliphatic carbocycles. The Morgan fingerprint density at radius 3 is 2.47 bits per heavy atom. The van der Waals surface area contributed by atoms with Crippen molar-refractivity contribution in [2.24, 2.45) is 5.84 Å². The zero-order valence-corrected chi connectivity index (χ0v) is 10.6. The average molecular weight is 271 g/mol. The molecule has 3 N–H and O–H groups in total. The van der Waals surface area contributed by atoms with Crippen molar-refractivity contribution in [3.05, 3.63) is 57.0 Å². The minimum Gasteiger partial charge on any atom is -0.271 e. The first-order chi connectivity index (χ1) is 8.19. The number of rotatable bonds is 4. The fourth-order valence-electron chi connectivity index (χ4n) is 1.63. The van der Waals surface area contributed by atoms with Gasteiger partial charge in [-0.2, -0.15) is 0 Å². The van der Waals surface area contributed by atoms with Crippen LogP contribution in [0.3, 0.4) is 0 Å². The van der Waals surface area contributed by atoms with E-state index in [1.54, 1.807) is 12.1 Å². The van der Waals surface area contributed by atoms with Crippen molar-refractivity contribution in [3.63, 3.8) is 0 Å². The summed E-state index contributed by atoms with van der Waals surface area (Å²) in [5.41, 5.74) is 3.69. The molecule has 0 fully saturated rings. The molecule has 0 radical (unpaired) electrons. The van der Waals surface area contributed by atoms with Crippen LogP contribution in [0, 0.1) is 5.82 Å². The van der Waals surface area contributed by atoms with Crippen LogP contribution in [0.15, 0.2) is 36.4 Å². The van der Waals surface area contributed by atoms with Crippen LogP contribution < -0.4 is 11.3 Å². The highest BCUT2D eigenvalue weighted by Gasteiger charge is 2.11. The molecule has 1 aromatic carbocycles. The number of hydrazine groups is 1. The van der Waals surface area contributed by atoms with Crippen molar-refractivity contribution in [1.29, 1.82) is 0 Å². The third-order valence-corrected chi connectivity index (χ3v) is 3.76. The van der Waals surface area contributed by atoms with Crippen LogP contribution >= 0.6 is 22.9 Å². The molecule has 0 spiro atoms. The molecule has 1 atom stereocenters. The highest BCUT2D eigenvalue weighted by Crippen LogP contribution is 2.26. The number of hydrogen-bond acceptors (Lipinski definition) is 3. The summed E-state index contributed by atoms with van der Waals surface area (Å²) in [6.07, 6.45) is 0.736. The maximum atomic E-state index is 12.8. The maximum Gasteiger partial charge on any atom is 0.123 e. The van der Waals surface area contributed by atoms with Gasteiger partial charge in [-0.1, -0.05) is 23.7 Å². The molecule has 17 heavy (non-hydrogen) atoms. The third-order valence-electron chi connectivity index (χ3n) is 2.51. The number of thiophene rings is 1. The smallest absolute Gasteiger partial charge is 0.123 e. The molecular formula is C12H12ClFN2S. The summed E-state index contributed by atoms with van der Waals surface area (Å²) in [4.78, 5) is 1.14. The molecule has 90 valence electrons. The number of nitrogens with two attached hydrogens (primary N) is 1. The van der Waals surface area contributed by atoms with E-state index in [-0.39, 0.29) is 11.9 Å². The number of hydrogen-bond donors (Lipinski definition) is 2. The van der Waals surface area contributed by atoms with Crippen molar-refractivity contribution in [2.75, 3.05) is 0 Å². The minimum atomic E-state index is -0.247. The fraction of sp³-hybridized carbons (Fsp3) is 0.167. The van der Waals surface area contributed by atoms with Crippen molar-refractivity contribution in [1.82, 2.24) is 5.43 Å². The average Bonchev–Trinajstić information content (AvgIpc) is 2.73. The van der Waals surface area contributed by atoms with E-state index < -0.39 is 0 Å². The molecule has 2 aromatic rings. The van der Waals surface area contributed by atoms with Crippen LogP contribution in [-0.4, -0.2) is 0 Å². The Morgan fingerprint density at radius 2 is 1.94 bits per heavy atom. The van der Waals surface area contributed by atoms with Gasteiger partial charge in [-0.15, -0.1) is 11.3 Å². The van der Waals surface area contributed by atoms with Gasteiger partial charge in [-0.05, 0) is 29.8 Å². The topological polar surface area (TPSA) is 38.0 Å². The van der Waals surface area contributed by atoms with E-state index in [1.165, 1.54) is 23.5 Å². The molecule has 1 heterocycles. The predicted molar refractivity (Wildman–Crippen MR) is 69.5 cm³/mol. The quantitative estimate of drug-likeness (QED) is 0.661. The second-order valence-electron chi connectivity index (χ2n) is 3.68. The van der Waals surface area contributed by atoms with Crippen LogP contribution in [-0.2, 0) is 6.42 Å². The van der Waals surface area contributed by atoms with Gasteiger partial charge in [0, 0.05) is 11.3 Å². The van der Waals surface area contributed by atoms with E-state index in [2.05, 4.69) is 5.43 Å². The van der Waals surface area contributed by atoms with Gasteiger partial charge in [0.2, 0.25) is 0 Å². The number of halogens is 2. The molecule has 1 unspecified atom stereocenters. The molecule has 0 amide bonds. The van der Waals surface area contributed by atoms with E-state index >= 15 is 0 Å². The van der Waals surface area contributed by atoms with Gasteiger partial charge in [0.15, 0.2) is 0 Å². The molecule has 1 aromatic heterocycles. The predicted octanol–water partition coefficient (Wildman–Crippen LogP) is 3.29. The van der Waals surface area contributed by atoms with Gasteiger partial charge in [0.1, 0.15) is 5.82 Å². The van der Waals surface area contributed by atoms with Crippen LogP contribution in [0.4, 0.5) is 4.39 Å². The van der Waals surface area contributed by atoms with Gasteiger partial charge in [0.05, 0.1) is 10.4 Å². The first kappa shape index (κ1) is 12.5. The van der Waals surface area contributed by atoms with Crippen molar-refractivity contribution in [3.8, 4) is 0 Å². The first-order valence-electron chi connectivity index (χ1n) is 5.15. The molecule has 0 saturated carbocycles. The minimum absolute atomic E-state index is 0.0367. The first-order valence-corrected chi connectivity index (χ1v) is 6.34. The van der Waals surface area contributed by atoms with Crippen LogP contribution in [0.5, 0.6) is 0 Å². The maximum absolute atomic E-state index is 12.8. The van der Waals surface area contributed by atoms with Crippen LogP contribution in [0.2, 0.25) is 4.34 Å².